The van der Waals surface area contributed by atoms with Gasteiger partial charge in [-0.15, -0.1) is 0 Å². The topological polar surface area (TPSA) is 41.1 Å². The van der Waals surface area contributed by atoms with Gasteiger partial charge in [0.2, 0.25) is 5.91 Å². The molecule has 2 atom stereocenters. The van der Waals surface area contributed by atoms with E-state index in [1.807, 2.05) is 0 Å². The summed E-state index contributed by atoms with van der Waals surface area (Å²) in [4.78, 5) is 12.3. The molecular formula is C15H28N2O. The average Bonchev–Trinajstić information content (AvgIpc) is 2.33. The normalized spacial score (nSPS) is 31.4. The highest BCUT2D eigenvalue weighted by atomic mass is 16.2. The Balaban J connectivity index is 1.81. The minimum atomic E-state index is 0.0455. The van der Waals surface area contributed by atoms with Gasteiger partial charge in [-0.05, 0) is 38.1 Å². The van der Waals surface area contributed by atoms with Gasteiger partial charge >= 0.3 is 0 Å². The third kappa shape index (κ3) is 3.98. The van der Waals surface area contributed by atoms with Gasteiger partial charge in [0.15, 0.2) is 0 Å². The third-order valence-electron chi connectivity index (χ3n) is 4.50. The van der Waals surface area contributed by atoms with Crippen molar-refractivity contribution in [3.63, 3.8) is 0 Å². The van der Waals surface area contributed by atoms with E-state index in [4.69, 9.17) is 0 Å². The summed E-state index contributed by atoms with van der Waals surface area (Å²) in [5.74, 6) is 0.722. The number of hydrogen-bond donors (Lipinski definition) is 2. The van der Waals surface area contributed by atoms with Crippen LogP contribution in [0.15, 0.2) is 0 Å². The minimum absolute atomic E-state index is 0.0455. The molecule has 1 saturated carbocycles. The van der Waals surface area contributed by atoms with Crippen LogP contribution in [0.4, 0.5) is 0 Å². The SMILES string of the molecule is CC1CCCNC1C(=O)NC1CCCCCCC1. The molecule has 1 amide bonds. The van der Waals surface area contributed by atoms with Crippen molar-refractivity contribution in [3.8, 4) is 0 Å². The Labute approximate surface area is 111 Å². The van der Waals surface area contributed by atoms with Gasteiger partial charge in [-0.1, -0.05) is 39.0 Å². The fourth-order valence-electron chi connectivity index (χ4n) is 3.29. The number of nitrogens with one attached hydrogen (secondary N) is 2. The van der Waals surface area contributed by atoms with Crippen molar-refractivity contribution in [1.29, 1.82) is 0 Å². The average molecular weight is 252 g/mol. The molecule has 1 saturated heterocycles. The predicted molar refractivity (Wildman–Crippen MR) is 74.4 cm³/mol. The van der Waals surface area contributed by atoms with E-state index in [1.54, 1.807) is 0 Å². The Morgan fingerprint density at radius 1 is 1.00 bits per heavy atom. The van der Waals surface area contributed by atoms with Crippen LogP contribution in [0.5, 0.6) is 0 Å². The Hall–Kier alpha value is -0.570. The van der Waals surface area contributed by atoms with Gasteiger partial charge < -0.3 is 10.6 Å². The van der Waals surface area contributed by atoms with E-state index in [9.17, 15) is 4.79 Å². The van der Waals surface area contributed by atoms with Crippen molar-refractivity contribution in [3.05, 3.63) is 0 Å². The molecule has 0 spiro atoms. The van der Waals surface area contributed by atoms with Gasteiger partial charge in [-0.2, -0.15) is 0 Å². The number of carbonyl (C=O) groups is 1. The monoisotopic (exact) mass is 252 g/mol. The van der Waals surface area contributed by atoms with Crippen LogP contribution in [0.1, 0.15) is 64.7 Å². The molecule has 3 nitrogen and oxygen atoms in total. The van der Waals surface area contributed by atoms with Crippen LogP contribution in [0.2, 0.25) is 0 Å². The Morgan fingerprint density at radius 3 is 2.33 bits per heavy atom. The zero-order valence-electron chi connectivity index (χ0n) is 11.7. The van der Waals surface area contributed by atoms with Crippen LogP contribution in [0.3, 0.4) is 0 Å². The van der Waals surface area contributed by atoms with Crippen LogP contribution >= 0.6 is 0 Å². The van der Waals surface area contributed by atoms with E-state index in [0.717, 1.165) is 6.54 Å². The molecule has 3 heteroatoms. The number of rotatable bonds is 2. The summed E-state index contributed by atoms with van der Waals surface area (Å²) in [6.45, 7) is 3.18. The number of piperidine rings is 1. The summed E-state index contributed by atoms with van der Waals surface area (Å²) in [5.41, 5.74) is 0. The lowest BCUT2D eigenvalue weighted by atomic mass is 9.91. The molecule has 0 bridgehead atoms. The fourth-order valence-corrected chi connectivity index (χ4v) is 3.29. The molecule has 2 N–H and O–H groups in total. The molecule has 104 valence electrons. The maximum atomic E-state index is 12.3. The highest BCUT2D eigenvalue weighted by Crippen LogP contribution is 2.19. The Kier molecular flexibility index (Phi) is 5.48. The van der Waals surface area contributed by atoms with Gasteiger partial charge in [0.05, 0.1) is 6.04 Å². The second-order valence-electron chi connectivity index (χ2n) is 6.10. The fraction of sp³-hybridized carbons (Fsp3) is 0.933. The maximum Gasteiger partial charge on any atom is 0.237 e. The molecule has 1 aliphatic heterocycles. The maximum absolute atomic E-state index is 12.3. The smallest absolute Gasteiger partial charge is 0.237 e. The van der Waals surface area contributed by atoms with Crippen LogP contribution in [0, 0.1) is 5.92 Å². The van der Waals surface area contributed by atoms with Crippen molar-refractivity contribution in [2.24, 2.45) is 5.92 Å². The van der Waals surface area contributed by atoms with Crippen molar-refractivity contribution < 1.29 is 4.79 Å². The molecule has 2 aliphatic rings. The molecule has 1 heterocycles. The van der Waals surface area contributed by atoms with Crippen molar-refractivity contribution in [2.75, 3.05) is 6.54 Å². The number of amides is 1. The van der Waals surface area contributed by atoms with Gasteiger partial charge in [-0.3, -0.25) is 4.79 Å². The summed E-state index contributed by atoms with van der Waals surface area (Å²) in [6.07, 6.45) is 11.3. The molecule has 1 aliphatic carbocycles. The molecule has 0 aromatic rings. The summed E-state index contributed by atoms with van der Waals surface area (Å²) >= 11 is 0. The highest BCUT2D eigenvalue weighted by Gasteiger charge is 2.28. The molecule has 0 radical (unpaired) electrons. The zero-order chi connectivity index (χ0) is 12.8. The van der Waals surface area contributed by atoms with Gasteiger partial charge in [0.25, 0.3) is 0 Å². The van der Waals surface area contributed by atoms with E-state index in [-0.39, 0.29) is 11.9 Å². The second-order valence-corrected chi connectivity index (χ2v) is 6.10. The highest BCUT2D eigenvalue weighted by molar-refractivity contribution is 5.82. The van der Waals surface area contributed by atoms with Crippen molar-refractivity contribution in [2.45, 2.75) is 76.8 Å². The molecule has 0 aromatic carbocycles. The standard InChI is InChI=1S/C15H28N2O/c1-12-8-7-11-16-14(12)15(18)17-13-9-5-3-2-4-6-10-13/h12-14,16H,2-11H2,1H3,(H,17,18). The van der Waals surface area contributed by atoms with Crippen LogP contribution in [0.25, 0.3) is 0 Å². The van der Waals surface area contributed by atoms with Gasteiger partial charge in [0, 0.05) is 6.04 Å². The van der Waals surface area contributed by atoms with Gasteiger partial charge in [-0.25, -0.2) is 0 Å². The van der Waals surface area contributed by atoms with Gasteiger partial charge in [0.1, 0.15) is 0 Å². The van der Waals surface area contributed by atoms with E-state index >= 15 is 0 Å². The molecule has 2 unspecified atom stereocenters. The minimum Gasteiger partial charge on any atom is -0.352 e. The summed E-state index contributed by atoms with van der Waals surface area (Å²) < 4.78 is 0. The zero-order valence-corrected chi connectivity index (χ0v) is 11.7. The van der Waals surface area contributed by atoms with E-state index in [1.165, 1.54) is 57.8 Å². The van der Waals surface area contributed by atoms with E-state index < -0.39 is 0 Å². The third-order valence-corrected chi connectivity index (χ3v) is 4.50. The predicted octanol–water partition coefficient (Wildman–Crippen LogP) is 2.60. The molecule has 0 aromatic heterocycles. The largest absolute Gasteiger partial charge is 0.352 e. The second kappa shape index (κ2) is 7.13. The Bertz CT molecular complexity index is 259. The first-order valence-electron chi connectivity index (χ1n) is 7.81. The van der Waals surface area contributed by atoms with Crippen LogP contribution < -0.4 is 10.6 Å². The van der Waals surface area contributed by atoms with Crippen molar-refractivity contribution in [1.82, 2.24) is 10.6 Å². The number of carbonyl (C=O) groups excluding carboxylic acids is 1. The Morgan fingerprint density at radius 2 is 1.67 bits per heavy atom. The van der Waals surface area contributed by atoms with Crippen LogP contribution in [-0.4, -0.2) is 24.5 Å². The lowest BCUT2D eigenvalue weighted by Gasteiger charge is -2.31. The lowest BCUT2D eigenvalue weighted by molar-refractivity contribution is -0.125. The molecular weight excluding hydrogens is 224 g/mol. The first kappa shape index (κ1) is 13.9. The summed E-state index contributed by atoms with van der Waals surface area (Å²) in [7, 11) is 0. The molecule has 18 heavy (non-hydrogen) atoms. The molecule has 2 fully saturated rings. The van der Waals surface area contributed by atoms with E-state index in [0.29, 0.717) is 12.0 Å². The summed E-state index contributed by atoms with van der Waals surface area (Å²) in [5, 5.41) is 6.66. The lowest BCUT2D eigenvalue weighted by Crippen LogP contribution is -2.53. The first-order valence-corrected chi connectivity index (χ1v) is 7.81. The van der Waals surface area contributed by atoms with Crippen LogP contribution in [-0.2, 0) is 4.79 Å². The quantitative estimate of drug-likeness (QED) is 0.793. The van der Waals surface area contributed by atoms with Crippen molar-refractivity contribution >= 4 is 5.91 Å². The molecule has 2 rings (SSSR count). The number of hydrogen-bond acceptors (Lipinski definition) is 2. The van der Waals surface area contributed by atoms with E-state index in [2.05, 4.69) is 17.6 Å². The first-order chi connectivity index (χ1) is 8.77. The summed E-state index contributed by atoms with van der Waals surface area (Å²) in [6, 6.07) is 0.470.